The number of unbranched alkanes of at least 4 members (excludes halogenated alkanes) is 12. The van der Waals surface area contributed by atoms with E-state index in [9.17, 15) is 14.5 Å². The maximum absolute atomic E-state index is 10.9. The van der Waals surface area contributed by atoms with E-state index < -0.39 is 20.0 Å². The third-order valence-corrected chi connectivity index (χ3v) is 8.21. The molecule has 0 aromatic rings. The van der Waals surface area contributed by atoms with Crippen LogP contribution in [0.15, 0.2) is 0 Å². The van der Waals surface area contributed by atoms with Crippen LogP contribution in [0.1, 0.15) is 124 Å². The van der Waals surface area contributed by atoms with Crippen LogP contribution in [0.5, 0.6) is 0 Å². The summed E-state index contributed by atoms with van der Waals surface area (Å²) >= 11 is 2.03. The highest BCUT2D eigenvalue weighted by Gasteiger charge is 2.38. The van der Waals surface area contributed by atoms with Crippen molar-refractivity contribution < 1.29 is 29.0 Å². The van der Waals surface area contributed by atoms with Gasteiger partial charge in [0.25, 0.3) is 0 Å². The minimum Gasteiger partial charge on any atom is -0.477 e. The Kier molecular flexibility index (Phi) is 23.1. The van der Waals surface area contributed by atoms with Crippen LogP contribution in [0, 0.1) is 0 Å². The van der Waals surface area contributed by atoms with E-state index in [4.69, 9.17) is 14.6 Å². The molecule has 3 atom stereocenters. The number of rotatable bonds is 26. The van der Waals surface area contributed by atoms with Gasteiger partial charge in [-0.3, -0.25) is 4.57 Å². The number of aliphatic carboxylic acids is 1. The number of ether oxygens (including phenoxy) is 2. The summed E-state index contributed by atoms with van der Waals surface area (Å²) in [4.78, 5) is 10.9. The first-order valence-electron chi connectivity index (χ1n) is 13.6. The highest BCUT2D eigenvalue weighted by Crippen LogP contribution is 2.26. The van der Waals surface area contributed by atoms with E-state index in [2.05, 4.69) is 20.8 Å². The highest BCUT2D eigenvalue weighted by atomic mass is 32.2. The van der Waals surface area contributed by atoms with Gasteiger partial charge in [0.1, 0.15) is 0 Å². The first-order chi connectivity index (χ1) is 16.4. The van der Waals surface area contributed by atoms with Crippen molar-refractivity contribution in [2.75, 3.05) is 19.0 Å². The number of hydrogen-bond acceptors (Lipinski definition) is 6. The fraction of sp³-hybridized carbons (Fsp3) is 0.962. The molecular formula is C26H51O6PS. The molecule has 0 saturated carbocycles. The van der Waals surface area contributed by atoms with Gasteiger partial charge in [0.2, 0.25) is 8.46 Å². The normalized spacial score (nSPS) is 15.3. The van der Waals surface area contributed by atoms with Crippen molar-refractivity contribution >= 4 is 26.2 Å². The first-order valence-corrected chi connectivity index (χ1v) is 15.4. The maximum atomic E-state index is 10.9. The van der Waals surface area contributed by atoms with E-state index in [1.54, 1.807) is 0 Å². The topological polar surface area (TPSA) is 93.1 Å². The van der Waals surface area contributed by atoms with Gasteiger partial charge in [-0.2, -0.15) is 11.8 Å². The molecule has 0 amide bonds. The molecule has 3 unspecified atom stereocenters. The monoisotopic (exact) mass is 522 g/mol. The van der Waals surface area contributed by atoms with Gasteiger partial charge in [-0.1, -0.05) is 97.3 Å². The number of thioether (sulfide) groups is 1. The Balaban J connectivity index is 4.20. The van der Waals surface area contributed by atoms with Crippen LogP contribution in [0.25, 0.3) is 0 Å². The predicted octanol–water partition coefficient (Wildman–Crippen LogP) is 7.81. The molecule has 0 saturated heterocycles. The number of carbonyl (C=O) groups is 1. The van der Waals surface area contributed by atoms with Crippen LogP contribution in [0.2, 0.25) is 0 Å². The molecule has 0 aromatic heterocycles. The van der Waals surface area contributed by atoms with Gasteiger partial charge in [0.05, 0.1) is 12.7 Å². The zero-order chi connectivity index (χ0) is 25.5. The number of carboxylic acids is 1. The van der Waals surface area contributed by atoms with Crippen molar-refractivity contribution in [2.45, 2.75) is 140 Å². The third-order valence-electron chi connectivity index (χ3n) is 6.07. The Bertz CT molecular complexity index is 496. The lowest BCUT2D eigenvalue weighted by atomic mass is 10.1. The maximum Gasteiger partial charge on any atom is 0.377 e. The van der Waals surface area contributed by atoms with E-state index in [1.807, 2.05) is 11.8 Å². The smallest absolute Gasteiger partial charge is 0.377 e. The van der Waals surface area contributed by atoms with Gasteiger partial charge in [-0.05, 0) is 31.9 Å². The van der Waals surface area contributed by atoms with E-state index in [-0.39, 0.29) is 12.7 Å². The fourth-order valence-corrected chi connectivity index (χ4v) is 5.41. The van der Waals surface area contributed by atoms with Gasteiger partial charge in [-0.15, -0.1) is 0 Å². The number of carboxylic acid groups (broad SMARTS) is 1. The molecule has 8 heteroatoms. The van der Waals surface area contributed by atoms with Crippen LogP contribution in [-0.4, -0.2) is 52.0 Å². The molecule has 0 heterocycles. The second-order valence-corrected chi connectivity index (χ2v) is 11.4. The molecule has 0 radical (unpaired) electrons. The van der Waals surface area contributed by atoms with Crippen molar-refractivity contribution in [3.8, 4) is 0 Å². The number of aliphatic hydroxyl groups is 1. The van der Waals surface area contributed by atoms with Crippen LogP contribution >= 0.6 is 20.2 Å². The summed E-state index contributed by atoms with van der Waals surface area (Å²) in [5.41, 5.74) is -2.67. The molecule has 0 rings (SSSR count). The SMILES string of the molecule is CCCCCCCCCCCSC(CCCCCCC)C(C)OCCCOC(O)(P=O)C(=O)O. The molecule has 202 valence electrons. The van der Waals surface area contributed by atoms with Gasteiger partial charge in [-0.25, -0.2) is 4.79 Å². The van der Waals surface area contributed by atoms with E-state index >= 15 is 0 Å². The molecule has 0 bridgehead atoms. The van der Waals surface area contributed by atoms with Crippen LogP contribution in [-0.2, 0) is 18.8 Å². The Morgan fingerprint density at radius 2 is 1.38 bits per heavy atom. The second-order valence-electron chi connectivity index (χ2n) is 9.22. The average molecular weight is 523 g/mol. The molecule has 0 aromatic carbocycles. The molecule has 0 fully saturated rings. The Labute approximate surface area is 214 Å². The third kappa shape index (κ3) is 18.1. The van der Waals surface area contributed by atoms with Gasteiger partial charge >= 0.3 is 11.5 Å². The molecule has 2 N–H and O–H groups in total. The van der Waals surface area contributed by atoms with Crippen molar-refractivity contribution in [1.29, 1.82) is 0 Å². The van der Waals surface area contributed by atoms with Gasteiger partial charge in [0, 0.05) is 11.9 Å². The van der Waals surface area contributed by atoms with Gasteiger partial charge in [0.15, 0.2) is 0 Å². The quantitative estimate of drug-likeness (QED) is 0.0679. The van der Waals surface area contributed by atoms with E-state index in [1.165, 1.54) is 95.6 Å². The van der Waals surface area contributed by atoms with Crippen molar-refractivity contribution in [2.24, 2.45) is 0 Å². The Hall–Kier alpha value is -0.200. The molecule has 0 aliphatic heterocycles. The van der Waals surface area contributed by atoms with Crippen molar-refractivity contribution in [1.82, 2.24) is 0 Å². The minimum absolute atomic E-state index is 0.0297. The fourth-order valence-electron chi connectivity index (χ4n) is 3.83. The molecule has 0 spiro atoms. The lowest BCUT2D eigenvalue weighted by molar-refractivity contribution is -0.190. The molecule has 0 aliphatic rings. The summed E-state index contributed by atoms with van der Waals surface area (Å²) in [7, 11) is -0.977. The van der Waals surface area contributed by atoms with E-state index in [0.29, 0.717) is 18.3 Å². The highest BCUT2D eigenvalue weighted by molar-refractivity contribution is 7.99. The molecule has 6 nitrogen and oxygen atoms in total. The Morgan fingerprint density at radius 1 is 0.853 bits per heavy atom. The average Bonchev–Trinajstić information content (AvgIpc) is 2.83. The van der Waals surface area contributed by atoms with Crippen LogP contribution in [0.3, 0.4) is 0 Å². The summed E-state index contributed by atoms with van der Waals surface area (Å²) in [6, 6.07) is 0. The van der Waals surface area contributed by atoms with Crippen LogP contribution < -0.4 is 0 Å². The minimum atomic E-state index is -2.67. The summed E-state index contributed by atoms with van der Waals surface area (Å²) in [5, 5.41) is 18.9. The summed E-state index contributed by atoms with van der Waals surface area (Å²) in [6.07, 6.45) is 20.1. The van der Waals surface area contributed by atoms with Gasteiger partial charge < -0.3 is 19.7 Å². The summed E-state index contributed by atoms with van der Waals surface area (Å²) in [5.74, 6) is -0.491. The molecule has 0 aliphatic carbocycles. The first kappa shape index (κ1) is 33.8. The lowest BCUT2D eigenvalue weighted by Crippen LogP contribution is -2.36. The largest absolute Gasteiger partial charge is 0.477 e. The van der Waals surface area contributed by atoms with Crippen molar-refractivity contribution in [3.63, 3.8) is 0 Å². The molecule has 34 heavy (non-hydrogen) atoms. The number of hydrogen-bond donors (Lipinski definition) is 2. The summed E-state index contributed by atoms with van der Waals surface area (Å²) in [6.45, 7) is 6.99. The lowest BCUT2D eigenvalue weighted by Gasteiger charge is -2.24. The van der Waals surface area contributed by atoms with Crippen molar-refractivity contribution in [3.05, 3.63) is 0 Å². The summed E-state index contributed by atoms with van der Waals surface area (Å²) < 4.78 is 21.7. The standard InChI is InChI=1S/C26H51O6PS/c1-4-6-8-10-11-12-13-15-17-22-34-24(19-16-14-9-7-5-2)23(3)31-20-18-21-32-26(29,33-30)25(27)28/h23-24,29H,4-22H2,1-3H3,(H,27,28). The van der Waals surface area contributed by atoms with Crippen LogP contribution in [0.4, 0.5) is 0 Å². The molecular weight excluding hydrogens is 471 g/mol. The zero-order valence-electron chi connectivity index (χ0n) is 22.0. The predicted molar refractivity (Wildman–Crippen MR) is 143 cm³/mol. The van der Waals surface area contributed by atoms with E-state index in [0.717, 1.165) is 6.42 Å². The zero-order valence-corrected chi connectivity index (χ0v) is 23.7. The Morgan fingerprint density at radius 3 is 1.91 bits per heavy atom. The second kappa shape index (κ2) is 23.2.